The number of halogens is 5. The molecule has 2 aromatic rings. The molecular formula is C26H33ClF4N4O3. The predicted octanol–water partition coefficient (Wildman–Crippen LogP) is 5.50. The molecule has 210 valence electrons. The minimum Gasteiger partial charge on any atom is -0.481 e. The molecule has 1 saturated carbocycles. The fourth-order valence-electron chi connectivity index (χ4n) is 5.33. The van der Waals surface area contributed by atoms with E-state index in [0.29, 0.717) is 25.9 Å². The maximum Gasteiger partial charge on any atom is 0.417 e. The van der Waals surface area contributed by atoms with Crippen molar-refractivity contribution < 1.29 is 32.3 Å². The summed E-state index contributed by atoms with van der Waals surface area (Å²) in [6.07, 6.45) is -0.904. The van der Waals surface area contributed by atoms with E-state index in [4.69, 9.17) is 0 Å². The second-order valence-electron chi connectivity index (χ2n) is 10.3. The Morgan fingerprint density at radius 3 is 2.53 bits per heavy atom. The van der Waals surface area contributed by atoms with Gasteiger partial charge in [-0.2, -0.15) is 18.3 Å². The maximum atomic E-state index is 14.2. The van der Waals surface area contributed by atoms with Gasteiger partial charge in [0.05, 0.1) is 23.7 Å². The van der Waals surface area contributed by atoms with Crippen LogP contribution >= 0.6 is 12.4 Å². The zero-order valence-corrected chi connectivity index (χ0v) is 22.0. The lowest BCUT2D eigenvalue weighted by molar-refractivity contribution is -0.138. The second kappa shape index (κ2) is 12.0. The first-order valence-corrected chi connectivity index (χ1v) is 12.6. The van der Waals surface area contributed by atoms with Gasteiger partial charge in [-0.15, -0.1) is 12.4 Å². The second-order valence-corrected chi connectivity index (χ2v) is 10.3. The van der Waals surface area contributed by atoms with E-state index in [2.05, 4.69) is 10.4 Å². The molecule has 2 atom stereocenters. The number of alkyl halides is 4. The molecule has 2 fully saturated rings. The molecule has 7 nitrogen and oxygen atoms in total. The number of hydrogen-bond acceptors (Lipinski definition) is 4. The third kappa shape index (κ3) is 7.25. The Morgan fingerprint density at radius 2 is 1.92 bits per heavy atom. The molecule has 1 aromatic carbocycles. The highest BCUT2D eigenvalue weighted by molar-refractivity contribution is 5.94. The van der Waals surface area contributed by atoms with Gasteiger partial charge < -0.3 is 10.4 Å². The zero-order valence-electron chi connectivity index (χ0n) is 21.1. The lowest BCUT2D eigenvalue weighted by Crippen LogP contribution is -2.39. The van der Waals surface area contributed by atoms with Crippen LogP contribution < -0.4 is 5.32 Å². The molecule has 2 N–H and O–H groups in total. The van der Waals surface area contributed by atoms with Crippen molar-refractivity contribution in [1.29, 1.82) is 0 Å². The van der Waals surface area contributed by atoms with Gasteiger partial charge in [-0.3, -0.25) is 19.2 Å². The van der Waals surface area contributed by atoms with Crippen molar-refractivity contribution in [3.8, 4) is 11.3 Å². The molecule has 1 aliphatic heterocycles. The quantitative estimate of drug-likeness (QED) is 0.395. The van der Waals surface area contributed by atoms with Crippen LogP contribution in [-0.2, 0) is 11.0 Å². The van der Waals surface area contributed by atoms with Gasteiger partial charge in [-0.05, 0) is 44.7 Å². The van der Waals surface area contributed by atoms with Crippen molar-refractivity contribution in [3.63, 3.8) is 0 Å². The van der Waals surface area contributed by atoms with Gasteiger partial charge in [0.1, 0.15) is 5.67 Å². The molecule has 2 heterocycles. The average molecular weight is 561 g/mol. The minimum atomic E-state index is -4.58. The Bertz CT molecular complexity index is 1130. The zero-order chi connectivity index (χ0) is 26.8. The van der Waals surface area contributed by atoms with Gasteiger partial charge in [-0.25, -0.2) is 4.39 Å². The molecular weight excluding hydrogens is 528 g/mol. The van der Waals surface area contributed by atoms with E-state index in [-0.39, 0.29) is 48.4 Å². The van der Waals surface area contributed by atoms with E-state index in [1.54, 1.807) is 0 Å². The topological polar surface area (TPSA) is 87.5 Å². The summed E-state index contributed by atoms with van der Waals surface area (Å²) in [4.78, 5) is 26.5. The molecule has 1 unspecified atom stereocenters. The van der Waals surface area contributed by atoms with Crippen LogP contribution in [0.2, 0.25) is 0 Å². The lowest BCUT2D eigenvalue weighted by Gasteiger charge is -2.21. The highest BCUT2D eigenvalue weighted by atomic mass is 35.5. The van der Waals surface area contributed by atoms with Gasteiger partial charge in [0.25, 0.3) is 5.91 Å². The van der Waals surface area contributed by atoms with Gasteiger partial charge >= 0.3 is 12.1 Å². The fourth-order valence-corrected chi connectivity index (χ4v) is 5.33. The monoisotopic (exact) mass is 560 g/mol. The van der Waals surface area contributed by atoms with E-state index in [1.165, 1.54) is 35.9 Å². The standard InChI is InChI=1S/C26H32F4N4O3.ClH/c1-25(27)11-13-33(16-25)12-10-17(14-23(35)36)31-24(37)21-15-22(34(32-21)18-6-2-3-7-18)19-8-4-5-9-20(19)26(28,29)30;/h4-5,8-9,15,17-18H,2-3,6-7,10-14,16H2,1H3,(H,31,37)(H,35,36);1H/t17-,25?;/m0./s1. The summed E-state index contributed by atoms with van der Waals surface area (Å²) in [5.74, 6) is -1.75. The predicted molar refractivity (Wildman–Crippen MR) is 136 cm³/mol. The Labute approximate surface area is 225 Å². The molecule has 0 bridgehead atoms. The first kappa shape index (κ1) is 29.9. The number of carboxylic acid groups (broad SMARTS) is 1. The Balaban J connectivity index is 0.00000400. The normalized spacial score (nSPS) is 21.3. The number of benzene rings is 1. The van der Waals surface area contributed by atoms with Crippen molar-refractivity contribution in [2.75, 3.05) is 19.6 Å². The van der Waals surface area contributed by atoms with Crippen molar-refractivity contribution >= 4 is 24.3 Å². The largest absolute Gasteiger partial charge is 0.481 e. The van der Waals surface area contributed by atoms with Crippen LogP contribution in [0.5, 0.6) is 0 Å². The molecule has 1 aromatic heterocycles. The van der Waals surface area contributed by atoms with Crippen molar-refractivity contribution in [1.82, 2.24) is 20.0 Å². The van der Waals surface area contributed by atoms with Crippen LogP contribution in [0, 0.1) is 0 Å². The van der Waals surface area contributed by atoms with Crippen LogP contribution in [-0.4, -0.2) is 63.0 Å². The summed E-state index contributed by atoms with van der Waals surface area (Å²) < 4.78 is 57.0. The van der Waals surface area contributed by atoms with Crippen LogP contribution in [0.25, 0.3) is 11.3 Å². The van der Waals surface area contributed by atoms with Gasteiger partial charge in [-0.1, -0.05) is 31.0 Å². The number of carbonyl (C=O) groups excluding carboxylic acids is 1. The number of rotatable bonds is 9. The highest BCUT2D eigenvalue weighted by Crippen LogP contribution is 2.40. The molecule has 0 spiro atoms. The molecule has 1 aliphatic carbocycles. The summed E-state index contributed by atoms with van der Waals surface area (Å²) >= 11 is 0. The van der Waals surface area contributed by atoms with Crippen molar-refractivity contribution in [3.05, 3.63) is 41.6 Å². The highest BCUT2D eigenvalue weighted by Gasteiger charge is 2.36. The van der Waals surface area contributed by atoms with Crippen LogP contribution in [0.1, 0.15) is 74.0 Å². The number of nitrogens with zero attached hydrogens (tertiary/aromatic N) is 3. The van der Waals surface area contributed by atoms with E-state index in [0.717, 1.165) is 31.7 Å². The van der Waals surface area contributed by atoms with Crippen LogP contribution in [0.15, 0.2) is 30.3 Å². The summed E-state index contributed by atoms with van der Waals surface area (Å²) in [6.45, 7) is 2.74. The smallest absolute Gasteiger partial charge is 0.417 e. The van der Waals surface area contributed by atoms with Crippen molar-refractivity contribution in [2.24, 2.45) is 0 Å². The van der Waals surface area contributed by atoms with Crippen LogP contribution in [0.4, 0.5) is 17.6 Å². The van der Waals surface area contributed by atoms with E-state index in [9.17, 15) is 32.3 Å². The molecule has 38 heavy (non-hydrogen) atoms. The van der Waals surface area contributed by atoms with Crippen LogP contribution in [0.3, 0.4) is 0 Å². The van der Waals surface area contributed by atoms with Crippen molar-refractivity contribution in [2.45, 2.75) is 75.8 Å². The fraction of sp³-hybridized carbons (Fsp3) is 0.577. The van der Waals surface area contributed by atoms with Gasteiger partial charge in [0, 0.05) is 31.2 Å². The summed E-state index contributed by atoms with van der Waals surface area (Å²) in [7, 11) is 0. The third-order valence-corrected chi connectivity index (χ3v) is 7.20. The number of carboxylic acids is 1. The van der Waals surface area contributed by atoms with Gasteiger partial charge in [0.15, 0.2) is 5.69 Å². The number of aliphatic carboxylic acids is 1. The lowest BCUT2D eigenvalue weighted by atomic mass is 10.0. The van der Waals surface area contributed by atoms with E-state index < -0.39 is 35.3 Å². The molecule has 0 radical (unpaired) electrons. The number of aromatic nitrogens is 2. The minimum absolute atomic E-state index is 0. The van der Waals surface area contributed by atoms with E-state index in [1.807, 2.05) is 4.90 Å². The summed E-state index contributed by atoms with van der Waals surface area (Å²) in [6, 6.07) is 5.69. The first-order chi connectivity index (χ1) is 17.4. The molecule has 1 saturated heterocycles. The number of hydrogen-bond donors (Lipinski definition) is 2. The SMILES string of the molecule is CC1(F)CCN(CC[C@@H](CC(=O)O)NC(=O)c2cc(-c3ccccc3C(F)(F)F)n(C3CCCC3)n2)C1.Cl. The number of carbonyl (C=O) groups is 2. The molecule has 2 aliphatic rings. The summed E-state index contributed by atoms with van der Waals surface area (Å²) in [5, 5.41) is 16.4. The maximum absolute atomic E-state index is 14.2. The number of likely N-dealkylation sites (tertiary alicyclic amines) is 1. The molecule has 4 rings (SSSR count). The molecule has 1 amide bonds. The number of amides is 1. The average Bonchev–Trinajstić information content (AvgIpc) is 3.56. The summed E-state index contributed by atoms with van der Waals surface area (Å²) in [5.41, 5.74) is -2.01. The van der Waals surface area contributed by atoms with Gasteiger partial charge in [0.2, 0.25) is 0 Å². The van der Waals surface area contributed by atoms with E-state index >= 15 is 0 Å². The molecule has 12 heteroatoms. The Kier molecular flexibility index (Phi) is 9.46. The first-order valence-electron chi connectivity index (χ1n) is 12.6. The Morgan fingerprint density at radius 1 is 1.24 bits per heavy atom. The Hall–Kier alpha value is -2.66. The number of nitrogens with one attached hydrogen (secondary N) is 1. The third-order valence-electron chi connectivity index (χ3n) is 7.20.